The van der Waals surface area contributed by atoms with Gasteiger partial charge in [0.05, 0.1) is 0 Å². The van der Waals surface area contributed by atoms with Crippen LogP contribution in [0.5, 0.6) is 0 Å². The number of benzene rings is 1. The molecule has 0 fully saturated rings. The first-order valence-corrected chi connectivity index (χ1v) is 3.31. The van der Waals surface area contributed by atoms with E-state index in [4.69, 9.17) is 0 Å². The van der Waals surface area contributed by atoms with Crippen molar-refractivity contribution in [3.05, 3.63) is 40.0 Å². The molecule has 1 heterocycles. The van der Waals surface area contributed by atoms with Crippen LogP contribution < -0.4 is 45.1 Å². The van der Waals surface area contributed by atoms with Crippen molar-refractivity contribution < 1.29 is 34.4 Å². The van der Waals surface area contributed by atoms with Crippen molar-refractivity contribution >= 4 is 11.0 Å². The summed E-state index contributed by atoms with van der Waals surface area (Å²) in [5.74, 6) is 0. The van der Waals surface area contributed by atoms with Crippen LogP contribution in [0.4, 0.5) is 0 Å². The minimum atomic E-state index is -0.760. The van der Waals surface area contributed by atoms with Crippen molar-refractivity contribution in [2.75, 3.05) is 0 Å². The zero-order valence-corrected chi connectivity index (χ0v) is 8.97. The van der Waals surface area contributed by atoms with E-state index in [9.17, 15) is 10.0 Å². The van der Waals surface area contributed by atoms with Crippen LogP contribution in [0.25, 0.3) is 11.0 Å². The van der Waals surface area contributed by atoms with Crippen molar-refractivity contribution in [1.82, 2.24) is 10.1 Å². The van der Waals surface area contributed by atoms with Crippen LogP contribution in [0.15, 0.2) is 29.1 Å². The molecule has 0 atom stereocenters. The molecule has 5 nitrogen and oxygen atoms in total. The van der Waals surface area contributed by atoms with Gasteiger partial charge in [0.15, 0.2) is 0 Å². The number of hydrogen-bond acceptors (Lipinski definition) is 3. The van der Waals surface area contributed by atoms with Crippen molar-refractivity contribution in [3.8, 4) is 0 Å². The molecule has 0 bridgehead atoms. The van der Waals surface area contributed by atoms with Gasteiger partial charge < -0.3 is 10.2 Å². The molecule has 0 aliphatic carbocycles. The molecule has 0 N–H and O–H groups in total. The monoisotopic (exact) mass is 185 g/mol. The summed E-state index contributed by atoms with van der Waals surface area (Å²) in [5.41, 5.74) is -0.0895. The van der Waals surface area contributed by atoms with Gasteiger partial charge in [0.1, 0.15) is 0 Å². The molecule has 0 saturated carbocycles. The Labute approximate surface area is 95.3 Å². The number of aromatic nitrogens is 3. The molecular formula is C7H4N3NaO2. The zero-order valence-electron chi connectivity index (χ0n) is 6.97. The van der Waals surface area contributed by atoms with E-state index in [2.05, 4.69) is 10.1 Å². The van der Waals surface area contributed by atoms with E-state index in [1.165, 1.54) is 0 Å². The van der Waals surface area contributed by atoms with Crippen LogP contribution in [0.3, 0.4) is 0 Å². The van der Waals surface area contributed by atoms with E-state index < -0.39 is 5.69 Å². The fourth-order valence-electron chi connectivity index (χ4n) is 0.977. The second-order valence-electron chi connectivity index (χ2n) is 2.26. The van der Waals surface area contributed by atoms with Gasteiger partial charge >= 0.3 is 29.6 Å². The third-order valence-corrected chi connectivity index (χ3v) is 1.48. The summed E-state index contributed by atoms with van der Waals surface area (Å²) < 4.78 is 0. The number of rotatable bonds is 0. The second kappa shape index (κ2) is 3.87. The number of fused-ring (bicyclic) bond motifs is 1. The molecule has 0 aliphatic heterocycles. The van der Waals surface area contributed by atoms with Crippen molar-refractivity contribution in [1.29, 1.82) is 0 Å². The number of hydrogen-bond donors (Lipinski definition) is 0. The van der Waals surface area contributed by atoms with Crippen LogP contribution in [0.1, 0.15) is 0 Å². The van der Waals surface area contributed by atoms with Crippen LogP contribution in [-0.4, -0.2) is 5.10 Å². The van der Waals surface area contributed by atoms with Gasteiger partial charge in [0.25, 0.3) is 0 Å². The SMILES string of the molecule is O=c1n[n+]([O-])c2ccccc2[n-]1.[Na+]. The van der Waals surface area contributed by atoms with Gasteiger partial charge in [-0.2, -0.15) is 0 Å². The van der Waals surface area contributed by atoms with E-state index in [0.29, 0.717) is 11.0 Å². The van der Waals surface area contributed by atoms with E-state index in [1.54, 1.807) is 24.3 Å². The van der Waals surface area contributed by atoms with Crippen molar-refractivity contribution in [2.24, 2.45) is 0 Å². The summed E-state index contributed by atoms with van der Waals surface area (Å²) in [5, 5.41) is 14.1. The Morgan fingerprint density at radius 1 is 1.38 bits per heavy atom. The largest absolute Gasteiger partial charge is 1.00 e. The first-order valence-electron chi connectivity index (χ1n) is 3.31. The third kappa shape index (κ3) is 1.88. The van der Waals surface area contributed by atoms with E-state index in [1.807, 2.05) is 0 Å². The molecule has 2 rings (SSSR count). The molecule has 6 heteroatoms. The summed E-state index contributed by atoms with van der Waals surface area (Å²) >= 11 is 0. The normalized spacial score (nSPS) is 9.54. The first-order chi connectivity index (χ1) is 5.77. The molecule has 0 radical (unpaired) electrons. The van der Waals surface area contributed by atoms with Crippen molar-refractivity contribution in [3.63, 3.8) is 0 Å². The minimum Gasteiger partial charge on any atom is -0.611 e. The second-order valence-corrected chi connectivity index (χ2v) is 2.26. The maximum atomic E-state index is 11.0. The molecular weight excluding hydrogens is 181 g/mol. The van der Waals surface area contributed by atoms with Crippen molar-refractivity contribution in [2.45, 2.75) is 0 Å². The molecule has 0 aliphatic rings. The standard InChI is InChI=1S/C7H5N3O2.Na/c11-7-8-5-3-1-2-4-6(5)10(12)9-7;/h1-4H,(H,8,9,11);/q;+1/p-1. The van der Waals surface area contributed by atoms with Gasteiger partial charge in [0, 0.05) is 11.6 Å². The van der Waals surface area contributed by atoms with Gasteiger partial charge in [0.2, 0.25) is 11.2 Å². The minimum absolute atomic E-state index is 0. The Morgan fingerprint density at radius 3 is 2.85 bits per heavy atom. The molecule has 0 saturated heterocycles. The predicted octanol–water partition coefficient (Wildman–Crippen LogP) is -3.81. The smallest absolute Gasteiger partial charge is 0.611 e. The Balaban J connectivity index is 0.000000845. The van der Waals surface area contributed by atoms with E-state index in [0.717, 1.165) is 0 Å². The molecule has 13 heavy (non-hydrogen) atoms. The van der Waals surface area contributed by atoms with Gasteiger partial charge in [-0.15, -0.1) is 9.94 Å². The van der Waals surface area contributed by atoms with Crippen LogP contribution >= 0.6 is 0 Å². The topological polar surface area (TPSA) is 71.0 Å². The molecule has 0 amide bonds. The third-order valence-electron chi connectivity index (χ3n) is 1.48. The van der Waals surface area contributed by atoms with Gasteiger partial charge in [-0.05, 0) is 0 Å². The summed E-state index contributed by atoms with van der Waals surface area (Å²) in [6.07, 6.45) is 0. The van der Waals surface area contributed by atoms with E-state index in [-0.39, 0.29) is 34.4 Å². The van der Waals surface area contributed by atoms with Gasteiger partial charge in [-0.3, -0.25) is 4.79 Å². The number of para-hydroxylation sites is 2. The molecule has 0 spiro atoms. The average Bonchev–Trinajstić information content (AvgIpc) is 2.04. The summed E-state index contributed by atoms with van der Waals surface area (Å²) in [6.45, 7) is 0. The van der Waals surface area contributed by atoms with Crippen LogP contribution in [-0.2, 0) is 0 Å². The summed E-state index contributed by atoms with van der Waals surface area (Å²) in [7, 11) is 0. The Bertz CT molecular complexity index is 482. The van der Waals surface area contributed by atoms with E-state index >= 15 is 0 Å². The quantitative estimate of drug-likeness (QED) is 0.239. The summed E-state index contributed by atoms with van der Waals surface area (Å²) in [6, 6.07) is 6.54. The van der Waals surface area contributed by atoms with Gasteiger partial charge in [-0.1, -0.05) is 18.2 Å². The fraction of sp³-hybridized carbons (Fsp3) is 0. The predicted molar refractivity (Wildman–Crippen MR) is 40.3 cm³/mol. The first kappa shape index (κ1) is 10.2. The van der Waals surface area contributed by atoms with Crippen LogP contribution in [0, 0.1) is 5.21 Å². The Kier molecular flexibility index (Phi) is 3.02. The molecule has 0 unspecified atom stereocenters. The summed E-state index contributed by atoms with van der Waals surface area (Å²) in [4.78, 5) is 14.5. The Morgan fingerprint density at radius 2 is 2.08 bits per heavy atom. The molecule has 60 valence electrons. The Hall–Kier alpha value is -0.910. The maximum absolute atomic E-state index is 11.0. The fourth-order valence-corrected chi connectivity index (χ4v) is 0.977. The molecule has 1 aromatic heterocycles. The molecule has 2 aromatic rings. The van der Waals surface area contributed by atoms with Crippen LogP contribution in [0.2, 0.25) is 0 Å². The molecule has 1 aromatic carbocycles. The zero-order chi connectivity index (χ0) is 8.55. The average molecular weight is 185 g/mol. The number of nitrogens with zero attached hydrogens (tertiary/aromatic N) is 3. The maximum Gasteiger partial charge on any atom is 1.00 e. The van der Waals surface area contributed by atoms with Gasteiger partial charge in [-0.25, -0.2) is 0 Å².